The molecule has 0 bridgehead atoms. The Bertz CT molecular complexity index is 203. The highest BCUT2D eigenvalue weighted by molar-refractivity contribution is 5.26. The van der Waals surface area contributed by atoms with Crippen LogP contribution >= 0.6 is 0 Å². The van der Waals surface area contributed by atoms with E-state index < -0.39 is 0 Å². The lowest BCUT2D eigenvalue weighted by Gasteiger charge is -2.11. The normalized spacial score (nSPS) is 11.0. The maximum absolute atomic E-state index is 5.21. The van der Waals surface area contributed by atoms with E-state index in [-0.39, 0.29) is 0 Å². The van der Waals surface area contributed by atoms with Crippen molar-refractivity contribution in [3.05, 3.63) is 24.0 Å². The Morgan fingerprint density at radius 2 is 2.18 bits per heavy atom. The summed E-state index contributed by atoms with van der Waals surface area (Å²) >= 11 is 0. The average Bonchev–Trinajstić information content (AvgIpc) is 1.99. The summed E-state index contributed by atoms with van der Waals surface area (Å²) in [5.41, 5.74) is 1.74. The second-order valence-corrected chi connectivity index (χ2v) is 2.65. The first-order chi connectivity index (χ1) is 5.11. The van der Waals surface area contributed by atoms with Gasteiger partial charge in [-0.25, -0.2) is 0 Å². The largest absolute Gasteiger partial charge is 0.353 e. The van der Waals surface area contributed by atoms with E-state index in [1.54, 1.807) is 0 Å². The predicted octanol–water partition coefficient (Wildman–Crippen LogP) is 2.28. The lowest BCUT2D eigenvalue weighted by molar-refractivity contribution is 0.711. The molecule has 0 aliphatic carbocycles. The number of hydrogen-bond acceptors (Lipinski definition) is 1. The maximum Gasteiger partial charge on any atom is 0.0848 e. The van der Waals surface area contributed by atoms with E-state index in [9.17, 15) is 0 Å². The fourth-order valence-electron chi connectivity index (χ4n) is 0.509. The Morgan fingerprint density at radius 3 is 2.45 bits per heavy atom. The van der Waals surface area contributed by atoms with Crippen molar-refractivity contribution in [1.29, 1.82) is 0 Å². The van der Waals surface area contributed by atoms with Crippen LogP contribution in [0.3, 0.4) is 0 Å². The van der Waals surface area contributed by atoms with Gasteiger partial charge in [-0.15, -0.1) is 6.42 Å². The van der Waals surface area contributed by atoms with Crippen LogP contribution in [-0.2, 0) is 0 Å². The van der Waals surface area contributed by atoms with Gasteiger partial charge in [0.05, 0.1) is 5.70 Å². The van der Waals surface area contributed by atoms with Gasteiger partial charge in [-0.3, -0.25) is 0 Å². The van der Waals surface area contributed by atoms with Crippen LogP contribution in [0, 0.1) is 18.3 Å². The van der Waals surface area contributed by atoms with E-state index in [0.717, 1.165) is 11.4 Å². The molecule has 0 unspecified atom stereocenters. The minimum Gasteiger partial charge on any atom is -0.353 e. The van der Waals surface area contributed by atoms with Crippen molar-refractivity contribution in [1.82, 2.24) is 5.32 Å². The topological polar surface area (TPSA) is 12.0 Å². The predicted molar refractivity (Wildman–Crippen MR) is 49.7 cm³/mol. The fraction of sp³-hybridized carbons (Fsp3) is 0.400. The summed E-state index contributed by atoms with van der Waals surface area (Å²) in [4.78, 5) is 0. The van der Waals surface area contributed by atoms with Crippen LogP contribution in [0.1, 0.15) is 20.8 Å². The van der Waals surface area contributed by atoms with E-state index in [4.69, 9.17) is 6.42 Å². The van der Waals surface area contributed by atoms with E-state index >= 15 is 0 Å². The quantitative estimate of drug-likeness (QED) is 0.607. The van der Waals surface area contributed by atoms with E-state index in [0.29, 0.717) is 5.92 Å². The molecule has 1 nitrogen and oxygen atoms in total. The molecule has 0 saturated heterocycles. The van der Waals surface area contributed by atoms with Crippen LogP contribution in [0.25, 0.3) is 0 Å². The summed E-state index contributed by atoms with van der Waals surface area (Å²) in [7, 11) is 0. The van der Waals surface area contributed by atoms with Crippen molar-refractivity contribution in [2.45, 2.75) is 20.8 Å². The Morgan fingerprint density at radius 1 is 1.64 bits per heavy atom. The van der Waals surface area contributed by atoms with Gasteiger partial charge < -0.3 is 5.32 Å². The zero-order valence-corrected chi connectivity index (χ0v) is 7.44. The van der Waals surface area contributed by atoms with Gasteiger partial charge in [-0.1, -0.05) is 32.4 Å². The summed E-state index contributed by atoms with van der Waals surface area (Å²) in [6, 6.07) is 0. The van der Waals surface area contributed by atoms with E-state index in [1.807, 2.05) is 13.0 Å². The van der Waals surface area contributed by atoms with Crippen LogP contribution in [-0.4, -0.2) is 0 Å². The Kier molecular flexibility index (Phi) is 4.14. The molecule has 0 aliphatic heterocycles. The molecule has 0 atom stereocenters. The summed E-state index contributed by atoms with van der Waals surface area (Å²) in [6.07, 6.45) is 7.06. The van der Waals surface area contributed by atoms with Gasteiger partial charge in [0, 0.05) is 5.70 Å². The molecule has 11 heavy (non-hydrogen) atoms. The maximum atomic E-state index is 5.21. The van der Waals surface area contributed by atoms with Gasteiger partial charge >= 0.3 is 0 Å². The smallest absolute Gasteiger partial charge is 0.0848 e. The molecule has 0 spiro atoms. The first-order valence-corrected chi connectivity index (χ1v) is 3.70. The third kappa shape index (κ3) is 3.52. The molecule has 1 heteroatoms. The SMILES string of the molecule is C#C/C(=C\C)NC(=C)C(C)C. The highest BCUT2D eigenvalue weighted by Gasteiger charge is 1.99. The number of rotatable bonds is 3. The lowest BCUT2D eigenvalue weighted by Crippen LogP contribution is -2.14. The molecule has 0 aromatic carbocycles. The Balaban J connectivity index is 4.07. The van der Waals surface area contributed by atoms with Crippen LogP contribution in [0.5, 0.6) is 0 Å². The first-order valence-electron chi connectivity index (χ1n) is 3.70. The van der Waals surface area contributed by atoms with Gasteiger partial charge in [0.2, 0.25) is 0 Å². The van der Waals surface area contributed by atoms with Gasteiger partial charge in [0.15, 0.2) is 0 Å². The van der Waals surface area contributed by atoms with E-state index in [1.165, 1.54) is 0 Å². The molecule has 0 fully saturated rings. The highest BCUT2D eigenvalue weighted by atomic mass is 14.9. The third-order valence-corrected chi connectivity index (χ3v) is 1.44. The van der Waals surface area contributed by atoms with Crippen LogP contribution in [0.2, 0.25) is 0 Å². The van der Waals surface area contributed by atoms with Crippen molar-refractivity contribution in [3.8, 4) is 12.3 Å². The zero-order chi connectivity index (χ0) is 8.85. The molecule has 1 N–H and O–H groups in total. The van der Waals surface area contributed by atoms with Crippen molar-refractivity contribution >= 4 is 0 Å². The molecule has 0 saturated carbocycles. The summed E-state index contributed by atoms with van der Waals surface area (Å²) in [5.74, 6) is 2.94. The Hall–Kier alpha value is -1.16. The summed E-state index contributed by atoms with van der Waals surface area (Å²) in [6.45, 7) is 9.88. The van der Waals surface area contributed by atoms with Crippen LogP contribution in [0.4, 0.5) is 0 Å². The molecule has 0 amide bonds. The molecule has 60 valence electrons. The van der Waals surface area contributed by atoms with Crippen LogP contribution < -0.4 is 5.32 Å². The summed E-state index contributed by atoms with van der Waals surface area (Å²) < 4.78 is 0. The van der Waals surface area contributed by atoms with Gasteiger partial charge in [-0.2, -0.15) is 0 Å². The first kappa shape index (κ1) is 9.84. The van der Waals surface area contributed by atoms with Gasteiger partial charge in [0.25, 0.3) is 0 Å². The molecule has 0 aromatic rings. The molecular weight excluding hydrogens is 134 g/mol. The number of nitrogens with one attached hydrogen (secondary N) is 1. The van der Waals surface area contributed by atoms with Crippen molar-refractivity contribution in [2.75, 3.05) is 0 Å². The van der Waals surface area contributed by atoms with Crippen LogP contribution in [0.15, 0.2) is 24.0 Å². The minimum atomic E-state index is 0.415. The van der Waals surface area contributed by atoms with E-state index in [2.05, 4.69) is 31.7 Å². The van der Waals surface area contributed by atoms with Gasteiger partial charge in [-0.05, 0) is 12.8 Å². The lowest BCUT2D eigenvalue weighted by atomic mass is 10.1. The monoisotopic (exact) mass is 149 g/mol. The molecule has 0 radical (unpaired) electrons. The number of hydrogen-bond donors (Lipinski definition) is 1. The molecule has 0 aliphatic rings. The second kappa shape index (κ2) is 4.62. The van der Waals surface area contributed by atoms with Crippen molar-refractivity contribution < 1.29 is 0 Å². The third-order valence-electron chi connectivity index (χ3n) is 1.44. The molecule has 0 rings (SSSR count). The summed E-state index contributed by atoms with van der Waals surface area (Å²) in [5, 5.41) is 3.05. The molecular formula is C10H15N. The average molecular weight is 149 g/mol. The minimum absolute atomic E-state index is 0.415. The Labute approximate surface area is 69.2 Å². The standard InChI is InChI=1S/C10H15N/c1-6-10(7-2)11-9(5)8(3)4/h1,7-8,11H,5H2,2-4H3/b10-7+. The second-order valence-electron chi connectivity index (χ2n) is 2.65. The van der Waals surface area contributed by atoms with Crippen molar-refractivity contribution in [3.63, 3.8) is 0 Å². The zero-order valence-electron chi connectivity index (χ0n) is 7.44. The van der Waals surface area contributed by atoms with Gasteiger partial charge in [0.1, 0.15) is 0 Å². The number of terminal acetylenes is 1. The highest BCUT2D eigenvalue weighted by Crippen LogP contribution is 2.04. The molecule has 0 heterocycles. The number of allylic oxidation sites excluding steroid dienone is 3. The fourth-order valence-corrected chi connectivity index (χ4v) is 0.509. The molecule has 0 aromatic heterocycles. The van der Waals surface area contributed by atoms with Crippen molar-refractivity contribution in [2.24, 2.45) is 5.92 Å².